The van der Waals surface area contributed by atoms with E-state index in [1.165, 1.54) is 11.5 Å². The highest BCUT2D eigenvalue weighted by Crippen LogP contribution is 2.23. The van der Waals surface area contributed by atoms with Gasteiger partial charge < -0.3 is 5.48 Å². The molecule has 1 amide bonds. The first-order valence-corrected chi connectivity index (χ1v) is 4.86. The number of carbonyl (C=O) groups is 1. The van der Waals surface area contributed by atoms with Crippen molar-refractivity contribution in [1.82, 2.24) is 9.80 Å². The van der Waals surface area contributed by atoms with E-state index in [2.05, 4.69) is 9.80 Å². The van der Waals surface area contributed by atoms with Crippen molar-refractivity contribution in [3.05, 3.63) is 29.5 Å². The fourth-order valence-electron chi connectivity index (χ4n) is 1.29. The summed E-state index contributed by atoms with van der Waals surface area (Å²) in [7, 11) is 0. The number of hydrogen-bond acceptors (Lipinski definition) is 4. The number of fused-ring (bicyclic) bond motifs is 1. The average Bonchev–Trinajstić information content (AvgIpc) is 2.59. The van der Waals surface area contributed by atoms with Crippen LogP contribution in [0.2, 0.25) is 0 Å². The lowest BCUT2D eigenvalue weighted by atomic mass is 10.1. The van der Waals surface area contributed by atoms with Gasteiger partial charge in [-0.3, -0.25) is 10.2 Å². The van der Waals surface area contributed by atoms with Crippen molar-refractivity contribution in [1.29, 1.82) is 0 Å². The third kappa shape index (κ3) is 1.96. The fourth-order valence-corrected chi connectivity index (χ4v) is 2.12. The first-order valence-electron chi connectivity index (χ1n) is 4.09. The second-order valence-electron chi connectivity index (χ2n) is 2.95. The van der Waals surface area contributed by atoms with Crippen molar-refractivity contribution in [2.24, 2.45) is 5.84 Å². The Morgan fingerprint density at radius 2 is 2.27 bits per heavy atom. The van der Waals surface area contributed by atoms with Crippen LogP contribution in [0.5, 0.6) is 0 Å². The number of hydrazine groups is 1. The van der Waals surface area contributed by atoms with Crippen LogP contribution in [0.1, 0.15) is 16.1 Å². The van der Waals surface area contributed by atoms with Crippen LogP contribution in [0, 0.1) is 6.92 Å². The van der Waals surface area contributed by atoms with Gasteiger partial charge in [0.25, 0.3) is 5.91 Å². The van der Waals surface area contributed by atoms with Crippen LogP contribution < -0.4 is 11.3 Å². The number of nitrogens with two attached hydrogens (primary N) is 1. The molecule has 5 nitrogen and oxygen atoms in total. The molecule has 80 valence electrons. The molecule has 0 aliphatic heterocycles. The van der Waals surface area contributed by atoms with E-state index in [1.54, 1.807) is 12.1 Å². The standard InChI is InChI=1S/C9H9N3OS.H2O/c1-5-7-3-2-6(9(13)11-10)4-8(7)14-12-5;/h2-4H,10H2,1H3,(H,11,13);1H2. The molecule has 0 bridgehead atoms. The fraction of sp³-hybridized carbons (Fsp3) is 0.111. The monoisotopic (exact) mass is 225 g/mol. The van der Waals surface area contributed by atoms with Crippen molar-refractivity contribution in [3.63, 3.8) is 0 Å². The average molecular weight is 225 g/mol. The summed E-state index contributed by atoms with van der Waals surface area (Å²) < 4.78 is 5.20. The minimum atomic E-state index is -0.280. The van der Waals surface area contributed by atoms with Crippen LogP contribution in [0.15, 0.2) is 18.2 Å². The van der Waals surface area contributed by atoms with Crippen molar-refractivity contribution in [3.8, 4) is 0 Å². The topological polar surface area (TPSA) is 99.5 Å². The summed E-state index contributed by atoms with van der Waals surface area (Å²) in [4.78, 5) is 11.2. The Balaban J connectivity index is 0.00000112. The van der Waals surface area contributed by atoms with Gasteiger partial charge in [-0.1, -0.05) is 6.07 Å². The van der Waals surface area contributed by atoms with E-state index in [0.29, 0.717) is 5.56 Å². The van der Waals surface area contributed by atoms with E-state index in [9.17, 15) is 4.79 Å². The van der Waals surface area contributed by atoms with E-state index in [0.717, 1.165) is 15.8 Å². The van der Waals surface area contributed by atoms with E-state index in [4.69, 9.17) is 5.84 Å². The molecule has 0 radical (unpaired) electrons. The minimum Gasteiger partial charge on any atom is -0.412 e. The zero-order valence-electron chi connectivity index (χ0n) is 8.07. The number of nitrogens with zero attached hydrogens (tertiary/aromatic N) is 1. The van der Waals surface area contributed by atoms with Crippen molar-refractivity contribution in [2.45, 2.75) is 6.92 Å². The lowest BCUT2D eigenvalue weighted by Crippen LogP contribution is -2.29. The van der Waals surface area contributed by atoms with Gasteiger partial charge in [-0.15, -0.1) is 0 Å². The summed E-state index contributed by atoms with van der Waals surface area (Å²) in [5, 5.41) is 1.09. The van der Waals surface area contributed by atoms with E-state index < -0.39 is 0 Å². The Hall–Kier alpha value is -1.50. The third-order valence-electron chi connectivity index (χ3n) is 2.05. The quantitative estimate of drug-likeness (QED) is 0.417. The van der Waals surface area contributed by atoms with Gasteiger partial charge in [0.1, 0.15) is 0 Å². The largest absolute Gasteiger partial charge is 0.412 e. The number of hydrogen-bond donors (Lipinski definition) is 2. The van der Waals surface area contributed by atoms with Crippen LogP contribution in [0.3, 0.4) is 0 Å². The lowest BCUT2D eigenvalue weighted by Gasteiger charge is -1.98. The summed E-state index contributed by atoms with van der Waals surface area (Å²) in [6.07, 6.45) is 0. The van der Waals surface area contributed by atoms with E-state index >= 15 is 0 Å². The molecule has 0 saturated heterocycles. The Labute approximate surface area is 90.3 Å². The zero-order valence-corrected chi connectivity index (χ0v) is 8.89. The Morgan fingerprint density at radius 3 is 2.93 bits per heavy atom. The summed E-state index contributed by atoms with van der Waals surface area (Å²) in [5.74, 6) is 4.76. The number of benzene rings is 1. The Bertz CT molecular complexity index is 495. The first kappa shape index (κ1) is 11.6. The molecule has 1 aromatic carbocycles. The number of carbonyl (C=O) groups excluding carboxylic acids is 1. The summed E-state index contributed by atoms with van der Waals surface area (Å²) >= 11 is 1.39. The van der Waals surface area contributed by atoms with Crippen LogP contribution in [-0.2, 0) is 0 Å². The Kier molecular flexibility index (Phi) is 3.35. The van der Waals surface area contributed by atoms with Crippen molar-refractivity contribution >= 4 is 27.5 Å². The van der Waals surface area contributed by atoms with Gasteiger partial charge in [-0.25, -0.2) is 5.84 Å². The second kappa shape index (κ2) is 4.35. The highest BCUT2D eigenvalue weighted by atomic mass is 32.1. The number of nitrogens with one attached hydrogen (secondary N) is 1. The van der Waals surface area contributed by atoms with Crippen LogP contribution >= 0.6 is 11.5 Å². The molecule has 2 rings (SSSR count). The number of nitrogen functional groups attached to an aromatic ring is 1. The number of aromatic nitrogens is 1. The summed E-state index contributed by atoms with van der Waals surface area (Å²) in [6, 6.07) is 5.42. The predicted molar refractivity (Wildman–Crippen MR) is 59.6 cm³/mol. The van der Waals surface area contributed by atoms with Crippen LogP contribution in [0.4, 0.5) is 0 Å². The molecule has 1 aromatic heterocycles. The summed E-state index contributed by atoms with van der Waals surface area (Å²) in [5.41, 5.74) is 3.65. The molecule has 6 heteroatoms. The molecule has 0 aliphatic carbocycles. The van der Waals surface area contributed by atoms with Crippen LogP contribution in [0.25, 0.3) is 10.1 Å². The van der Waals surface area contributed by atoms with Gasteiger partial charge in [0.15, 0.2) is 0 Å². The molecule has 1 heterocycles. The SMILES string of the molecule is Cc1nsc2cc(C(=O)NN)ccc12.O. The van der Waals surface area contributed by atoms with Crippen molar-refractivity contribution in [2.75, 3.05) is 0 Å². The molecule has 0 saturated carbocycles. The molecular weight excluding hydrogens is 214 g/mol. The Morgan fingerprint density at radius 1 is 1.53 bits per heavy atom. The third-order valence-corrected chi connectivity index (χ3v) is 2.95. The van der Waals surface area contributed by atoms with Gasteiger partial charge in [0, 0.05) is 10.9 Å². The highest BCUT2D eigenvalue weighted by Gasteiger charge is 2.07. The lowest BCUT2D eigenvalue weighted by molar-refractivity contribution is 0.0954. The van der Waals surface area contributed by atoms with Gasteiger partial charge in [0.2, 0.25) is 0 Å². The van der Waals surface area contributed by atoms with Gasteiger partial charge >= 0.3 is 0 Å². The highest BCUT2D eigenvalue weighted by molar-refractivity contribution is 7.13. The molecule has 0 unspecified atom stereocenters. The summed E-state index contributed by atoms with van der Waals surface area (Å²) in [6.45, 7) is 1.95. The molecule has 5 N–H and O–H groups in total. The molecule has 0 fully saturated rings. The smallest absolute Gasteiger partial charge is 0.265 e. The molecule has 0 aliphatic rings. The maximum absolute atomic E-state index is 11.2. The molecule has 15 heavy (non-hydrogen) atoms. The van der Waals surface area contributed by atoms with E-state index in [-0.39, 0.29) is 11.4 Å². The normalized spacial score (nSPS) is 9.73. The minimum absolute atomic E-state index is 0. The van der Waals surface area contributed by atoms with Crippen LogP contribution in [-0.4, -0.2) is 15.8 Å². The molecular formula is C9H11N3O2S. The predicted octanol–water partition coefficient (Wildman–Crippen LogP) is 0.384. The molecule has 0 atom stereocenters. The van der Waals surface area contributed by atoms with E-state index in [1.807, 2.05) is 13.0 Å². The molecule has 0 spiro atoms. The zero-order chi connectivity index (χ0) is 10.1. The second-order valence-corrected chi connectivity index (χ2v) is 3.76. The first-order chi connectivity index (χ1) is 6.72. The van der Waals surface area contributed by atoms with Gasteiger partial charge in [-0.05, 0) is 30.6 Å². The molecule has 2 aromatic rings. The number of rotatable bonds is 1. The number of amides is 1. The van der Waals surface area contributed by atoms with Crippen molar-refractivity contribution < 1.29 is 10.3 Å². The number of aryl methyl sites for hydroxylation is 1. The maximum atomic E-state index is 11.2. The maximum Gasteiger partial charge on any atom is 0.265 e. The van der Waals surface area contributed by atoms with Gasteiger partial charge in [-0.2, -0.15) is 4.37 Å². The van der Waals surface area contributed by atoms with Gasteiger partial charge in [0.05, 0.1) is 10.4 Å².